The zero-order valence-corrected chi connectivity index (χ0v) is 5.25. The maximum Gasteiger partial charge on any atom is 0.274 e. The van der Waals surface area contributed by atoms with Crippen molar-refractivity contribution in [1.29, 1.82) is 0 Å². The molecule has 0 unspecified atom stereocenters. The lowest BCUT2D eigenvalue weighted by Gasteiger charge is -1.98. The van der Waals surface area contributed by atoms with Crippen molar-refractivity contribution < 1.29 is 19.0 Å². The van der Waals surface area contributed by atoms with Crippen molar-refractivity contribution in [3.63, 3.8) is 0 Å². The summed E-state index contributed by atoms with van der Waals surface area (Å²) in [6, 6.07) is 0. The fourth-order valence-electron chi connectivity index (χ4n) is 1.04. The number of rotatable bonds is 0. The zero-order valence-electron chi connectivity index (χ0n) is 5.25. The van der Waals surface area contributed by atoms with Crippen LogP contribution in [0.1, 0.15) is 0 Å². The van der Waals surface area contributed by atoms with Crippen LogP contribution in [-0.4, -0.2) is 5.11 Å². The van der Waals surface area contributed by atoms with E-state index in [0.29, 0.717) is 22.7 Å². The van der Waals surface area contributed by atoms with E-state index in [9.17, 15) is 5.11 Å². The molecule has 0 atom stereocenters. The number of ether oxygens (including phenoxy) is 1. The quantitative estimate of drug-likeness (QED) is 0.221. The summed E-state index contributed by atoms with van der Waals surface area (Å²) in [5.74, 6) is 0.851. The second-order valence-corrected chi connectivity index (χ2v) is 2.35. The van der Waals surface area contributed by atoms with E-state index in [2.05, 4.69) is 9.15 Å². The zero-order chi connectivity index (χ0) is 7.59. The van der Waals surface area contributed by atoms with Crippen molar-refractivity contribution in [3.8, 4) is 17.2 Å². The summed E-state index contributed by atoms with van der Waals surface area (Å²) >= 11 is 0. The van der Waals surface area contributed by atoms with Gasteiger partial charge in [-0.15, -0.1) is 0 Å². The van der Waals surface area contributed by atoms with Gasteiger partial charge in [0.25, 0.3) is 11.2 Å². The van der Waals surface area contributed by atoms with Gasteiger partial charge in [0.1, 0.15) is 5.69 Å². The Labute approximate surface area is 59.9 Å². The molecule has 1 aliphatic rings. The van der Waals surface area contributed by atoms with E-state index in [0.717, 1.165) is 0 Å². The highest BCUT2D eigenvalue weighted by molar-refractivity contribution is 5.99. The largest absolute Gasteiger partial charge is 0.503 e. The van der Waals surface area contributed by atoms with Gasteiger partial charge in [0.15, 0.2) is 5.75 Å². The monoisotopic (exact) mass is 153 g/mol. The van der Waals surface area contributed by atoms with Gasteiger partial charge in [0.05, 0.1) is 0 Å². The van der Waals surface area contributed by atoms with Gasteiger partial charge in [0.2, 0.25) is 11.5 Å². The lowest BCUT2D eigenvalue weighted by atomic mass is 10.3. The van der Waals surface area contributed by atoms with E-state index in [1.54, 1.807) is 0 Å². The molecule has 5 heteroatoms. The summed E-state index contributed by atoms with van der Waals surface area (Å²) < 4.78 is 14.0. The minimum Gasteiger partial charge on any atom is -0.503 e. The predicted octanol–water partition coefficient (Wildman–Crippen LogP) is 1.42. The summed E-state index contributed by atoms with van der Waals surface area (Å²) in [5, 5.41) is 9.21. The average molecular weight is 153 g/mol. The number of phenols is 1. The standard InChI is InChI=1S/C6H3NO4/c7-1-2(8)4-5(9-4)6-3(1)10-11-6/h8H,7H2. The molecule has 0 amide bonds. The average Bonchev–Trinajstić information content (AvgIpc) is 2.62. The first kappa shape index (κ1) is 4.95. The highest BCUT2D eigenvalue weighted by atomic mass is 17.0. The van der Waals surface area contributed by atoms with Gasteiger partial charge in [-0.25, -0.2) is 0 Å². The number of benzene rings is 1. The van der Waals surface area contributed by atoms with Crippen LogP contribution < -0.4 is 10.5 Å². The topological polar surface area (TPSA) is 85.1 Å². The van der Waals surface area contributed by atoms with E-state index in [1.165, 1.54) is 0 Å². The molecule has 0 bridgehead atoms. The van der Waals surface area contributed by atoms with Crippen molar-refractivity contribution in [2.24, 2.45) is 0 Å². The Morgan fingerprint density at radius 2 is 1.82 bits per heavy atom. The molecule has 3 rings (SSSR count). The minimum absolute atomic E-state index is 0.0675. The summed E-state index contributed by atoms with van der Waals surface area (Å²) in [4.78, 5) is 0. The molecule has 11 heavy (non-hydrogen) atoms. The molecule has 1 aliphatic heterocycles. The summed E-state index contributed by atoms with van der Waals surface area (Å²) in [6.07, 6.45) is 0. The van der Waals surface area contributed by atoms with Crippen LogP contribution in [0.15, 0.2) is 9.15 Å². The van der Waals surface area contributed by atoms with Crippen molar-refractivity contribution in [2.45, 2.75) is 0 Å². The van der Waals surface area contributed by atoms with E-state index in [4.69, 9.17) is 10.5 Å². The van der Waals surface area contributed by atoms with Crippen LogP contribution in [0.4, 0.5) is 5.69 Å². The van der Waals surface area contributed by atoms with Gasteiger partial charge < -0.3 is 15.6 Å². The molecule has 5 nitrogen and oxygen atoms in total. The van der Waals surface area contributed by atoms with E-state index in [-0.39, 0.29) is 11.4 Å². The molecule has 2 aromatic rings. The molecule has 0 fully saturated rings. The summed E-state index contributed by atoms with van der Waals surface area (Å²) in [6.45, 7) is 0. The summed E-state index contributed by atoms with van der Waals surface area (Å²) in [7, 11) is 0. The maximum atomic E-state index is 9.21. The molecule has 56 valence electrons. The minimum atomic E-state index is -0.0675. The first-order valence-electron chi connectivity index (χ1n) is 3.00. The van der Waals surface area contributed by atoms with E-state index >= 15 is 0 Å². The number of phenolic OH excluding ortho intramolecular Hbond substituents is 1. The third-order valence-electron chi connectivity index (χ3n) is 1.70. The van der Waals surface area contributed by atoms with Crippen LogP contribution in [-0.2, 0) is 0 Å². The fourth-order valence-corrected chi connectivity index (χ4v) is 1.04. The molecule has 0 aliphatic carbocycles. The smallest absolute Gasteiger partial charge is 0.274 e. The number of anilines is 1. The Morgan fingerprint density at radius 3 is 2.45 bits per heavy atom. The second kappa shape index (κ2) is 1.16. The number of fused-ring (bicyclic) bond motifs is 3. The van der Waals surface area contributed by atoms with Gasteiger partial charge in [-0.1, -0.05) is 0 Å². The Kier molecular flexibility index (Phi) is 0.522. The Balaban J connectivity index is 2.56. The van der Waals surface area contributed by atoms with Crippen molar-refractivity contribution in [3.05, 3.63) is 0 Å². The third kappa shape index (κ3) is 0.372. The van der Waals surface area contributed by atoms with Crippen molar-refractivity contribution >= 4 is 16.9 Å². The van der Waals surface area contributed by atoms with Gasteiger partial charge in [0, 0.05) is 0 Å². The first-order chi connectivity index (χ1) is 5.29. The fraction of sp³-hybridized carbons (Fsp3) is 0. The molecule has 0 saturated heterocycles. The Bertz CT molecular complexity index is 453. The highest BCUT2D eigenvalue weighted by Crippen LogP contribution is 2.60. The SMILES string of the molecule is Nc1c(O)c2c(c3ooc13)O2. The molecular weight excluding hydrogens is 150 g/mol. The van der Waals surface area contributed by atoms with Crippen LogP contribution >= 0.6 is 0 Å². The normalized spacial score (nSPS) is 13.1. The number of hydrogen-bond acceptors (Lipinski definition) is 5. The summed E-state index contributed by atoms with van der Waals surface area (Å²) in [5.41, 5.74) is 6.44. The van der Waals surface area contributed by atoms with Gasteiger partial charge in [-0.2, -0.15) is 0 Å². The van der Waals surface area contributed by atoms with Crippen LogP contribution in [0.3, 0.4) is 0 Å². The highest BCUT2D eigenvalue weighted by Gasteiger charge is 2.37. The molecule has 0 spiro atoms. The van der Waals surface area contributed by atoms with E-state index in [1.807, 2.05) is 0 Å². The molecule has 0 saturated carbocycles. The maximum absolute atomic E-state index is 9.21. The van der Waals surface area contributed by atoms with Crippen LogP contribution in [0, 0.1) is 0 Å². The molecule has 1 aromatic heterocycles. The van der Waals surface area contributed by atoms with Crippen molar-refractivity contribution in [2.75, 3.05) is 5.73 Å². The molecule has 3 N–H and O–H groups in total. The predicted molar refractivity (Wildman–Crippen MR) is 34.6 cm³/mol. The number of aromatic hydroxyl groups is 1. The molecular formula is C6H3NO4. The molecule has 1 aromatic carbocycles. The van der Waals surface area contributed by atoms with Crippen LogP contribution in [0.25, 0.3) is 11.2 Å². The Morgan fingerprint density at radius 1 is 1.09 bits per heavy atom. The van der Waals surface area contributed by atoms with E-state index < -0.39 is 0 Å². The number of nitrogens with two attached hydrogens (primary N) is 1. The molecule has 0 radical (unpaired) electrons. The number of hydrogen-bond donors (Lipinski definition) is 2. The van der Waals surface area contributed by atoms with Crippen LogP contribution in [0.2, 0.25) is 0 Å². The number of nitrogen functional groups attached to an aromatic ring is 1. The van der Waals surface area contributed by atoms with Gasteiger partial charge in [-0.05, 0) is 0 Å². The Hall–Kier alpha value is -1.78. The lowest BCUT2D eigenvalue weighted by molar-refractivity contribution is 0.0593. The van der Waals surface area contributed by atoms with Gasteiger partial charge >= 0.3 is 0 Å². The van der Waals surface area contributed by atoms with Crippen LogP contribution in [0.5, 0.6) is 17.2 Å². The van der Waals surface area contributed by atoms with Crippen molar-refractivity contribution in [1.82, 2.24) is 0 Å². The molecule has 2 heterocycles. The second-order valence-electron chi connectivity index (χ2n) is 2.35. The van der Waals surface area contributed by atoms with Gasteiger partial charge in [-0.3, -0.25) is 9.15 Å². The first-order valence-corrected chi connectivity index (χ1v) is 3.00. The third-order valence-corrected chi connectivity index (χ3v) is 1.70. The lowest BCUT2D eigenvalue weighted by Crippen LogP contribution is -1.86.